The molecule has 0 aliphatic heterocycles. The highest BCUT2D eigenvalue weighted by atomic mass is 32.1. The van der Waals surface area contributed by atoms with Gasteiger partial charge in [0, 0.05) is 4.70 Å². The molecule has 1 aromatic carbocycles. The molecule has 5 heteroatoms. The normalized spacial score (nSPS) is 10.5. The maximum Gasteiger partial charge on any atom is 0.261 e. The first kappa shape index (κ1) is 11.7. The Morgan fingerprint density at radius 2 is 2.12 bits per heavy atom. The van der Waals surface area contributed by atoms with Gasteiger partial charge in [0.05, 0.1) is 11.4 Å². The van der Waals surface area contributed by atoms with E-state index in [0.29, 0.717) is 4.88 Å². The van der Waals surface area contributed by atoms with Gasteiger partial charge in [-0.2, -0.15) is 0 Å². The summed E-state index contributed by atoms with van der Waals surface area (Å²) < 4.78 is 13.7. The number of rotatable bonds is 3. The molecule has 0 spiro atoms. The van der Waals surface area contributed by atoms with Gasteiger partial charge in [0.15, 0.2) is 0 Å². The van der Waals surface area contributed by atoms with E-state index >= 15 is 0 Å². The number of nitrogens with one attached hydrogen (secondary N) is 1. The van der Waals surface area contributed by atoms with Crippen LogP contribution in [0.5, 0.6) is 0 Å². The fraction of sp³-hybridized carbons (Fsp3) is 0.167. The fourth-order valence-electron chi connectivity index (χ4n) is 1.41. The SMILES string of the molecule is CC(=O)CNC(=O)c1cc2ccc(F)cc2s1. The highest BCUT2D eigenvalue weighted by Crippen LogP contribution is 2.26. The minimum absolute atomic E-state index is 0.0153. The van der Waals surface area contributed by atoms with Crippen molar-refractivity contribution in [3.63, 3.8) is 0 Å². The third-order valence-corrected chi connectivity index (χ3v) is 3.30. The van der Waals surface area contributed by atoms with Crippen molar-refractivity contribution >= 4 is 33.1 Å². The van der Waals surface area contributed by atoms with Gasteiger partial charge < -0.3 is 5.32 Å². The third-order valence-electron chi connectivity index (χ3n) is 2.20. The predicted octanol–water partition coefficient (Wildman–Crippen LogP) is 2.36. The van der Waals surface area contributed by atoms with E-state index in [9.17, 15) is 14.0 Å². The largest absolute Gasteiger partial charge is 0.344 e. The van der Waals surface area contributed by atoms with Crippen molar-refractivity contribution in [1.29, 1.82) is 0 Å². The molecular weight excluding hydrogens is 241 g/mol. The number of benzene rings is 1. The van der Waals surface area contributed by atoms with E-state index in [1.807, 2.05) is 0 Å². The highest BCUT2D eigenvalue weighted by molar-refractivity contribution is 7.20. The zero-order chi connectivity index (χ0) is 12.4. The summed E-state index contributed by atoms with van der Waals surface area (Å²) in [6.45, 7) is 1.42. The average molecular weight is 251 g/mol. The molecule has 0 aliphatic carbocycles. The Morgan fingerprint density at radius 3 is 2.82 bits per heavy atom. The summed E-state index contributed by atoms with van der Waals surface area (Å²) in [5.41, 5.74) is 0. The van der Waals surface area contributed by atoms with Crippen LogP contribution >= 0.6 is 11.3 Å². The van der Waals surface area contributed by atoms with E-state index in [1.165, 1.54) is 30.4 Å². The Bertz CT molecular complexity index is 591. The van der Waals surface area contributed by atoms with E-state index in [0.717, 1.165) is 10.1 Å². The van der Waals surface area contributed by atoms with E-state index in [1.54, 1.807) is 12.1 Å². The van der Waals surface area contributed by atoms with Crippen LogP contribution in [0.2, 0.25) is 0 Å². The molecule has 2 rings (SSSR count). The molecule has 0 saturated heterocycles. The van der Waals surface area contributed by atoms with Crippen LogP contribution in [0.25, 0.3) is 10.1 Å². The van der Waals surface area contributed by atoms with Gasteiger partial charge in [-0.15, -0.1) is 11.3 Å². The van der Waals surface area contributed by atoms with Crippen LogP contribution < -0.4 is 5.32 Å². The minimum Gasteiger partial charge on any atom is -0.344 e. The van der Waals surface area contributed by atoms with Crippen LogP contribution in [-0.2, 0) is 4.79 Å². The Morgan fingerprint density at radius 1 is 1.35 bits per heavy atom. The van der Waals surface area contributed by atoms with Crippen molar-refractivity contribution in [3.05, 3.63) is 35.0 Å². The van der Waals surface area contributed by atoms with Crippen molar-refractivity contribution < 1.29 is 14.0 Å². The first-order valence-corrected chi connectivity index (χ1v) is 5.84. The standard InChI is InChI=1S/C12H10FNO2S/c1-7(15)6-14-12(16)11-4-8-2-3-9(13)5-10(8)17-11/h2-5H,6H2,1H3,(H,14,16). The Hall–Kier alpha value is -1.75. The molecule has 88 valence electrons. The van der Waals surface area contributed by atoms with Gasteiger partial charge >= 0.3 is 0 Å². The van der Waals surface area contributed by atoms with Crippen molar-refractivity contribution in [1.82, 2.24) is 5.32 Å². The molecule has 1 amide bonds. The maximum atomic E-state index is 13.0. The van der Waals surface area contributed by atoms with Gasteiger partial charge in [-0.3, -0.25) is 9.59 Å². The summed E-state index contributed by atoms with van der Waals surface area (Å²) >= 11 is 1.21. The molecule has 17 heavy (non-hydrogen) atoms. The molecule has 1 N–H and O–H groups in total. The quantitative estimate of drug-likeness (QED) is 0.910. The van der Waals surface area contributed by atoms with Gasteiger partial charge in [0.25, 0.3) is 5.91 Å². The Balaban J connectivity index is 2.24. The number of thiophene rings is 1. The van der Waals surface area contributed by atoms with Crippen molar-refractivity contribution in [2.45, 2.75) is 6.92 Å². The van der Waals surface area contributed by atoms with Crippen molar-refractivity contribution in [2.24, 2.45) is 0 Å². The van der Waals surface area contributed by atoms with Crippen LogP contribution in [0.1, 0.15) is 16.6 Å². The van der Waals surface area contributed by atoms with E-state index in [2.05, 4.69) is 5.32 Å². The summed E-state index contributed by atoms with van der Waals surface area (Å²) in [4.78, 5) is 22.9. The number of fused-ring (bicyclic) bond motifs is 1. The molecular formula is C12H10FNO2S. The lowest BCUT2D eigenvalue weighted by molar-refractivity contribution is -0.116. The molecule has 0 fully saturated rings. The maximum absolute atomic E-state index is 13.0. The monoisotopic (exact) mass is 251 g/mol. The number of amides is 1. The molecule has 0 bridgehead atoms. The second kappa shape index (κ2) is 4.63. The number of ketones is 1. The lowest BCUT2D eigenvalue weighted by atomic mass is 10.2. The molecule has 0 atom stereocenters. The average Bonchev–Trinajstić information content (AvgIpc) is 2.68. The smallest absolute Gasteiger partial charge is 0.261 e. The lowest BCUT2D eigenvalue weighted by Gasteiger charge is -1.98. The summed E-state index contributed by atoms with van der Waals surface area (Å²) in [7, 11) is 0. The molecule has 1 aromatic heterocycles. The molecule has 0 saturated carbocycles. The number of carbonyl (C=O) groups excluding carboxylic acids is 2. The van der Waals surface area contributed by atoms with Crippen LogP contribution in [0, 0.1) is 5.82 Å². The molecule has 0 aliphatic rings. The van der Waals surface area contributed by atoms with E-state index < -0.39 is 0 Å². The zero-order valence-electron chi connectivity index (χ0n) is 9.12. The number of carbonyl (C=O) groups is 2. The van der Waals surface area contributed by atoms with Crippen molar-refractivity contribution in [3.8, 4) is 0 Å². The second-order valence-electron chi connectivity index (χ2n) is 3.68. The van der Waals surface area contributed by atoms with Gasteiger partial charge in [-0.1, -0.05) is 6.07 Å². The second-order valence-corrected chi connectivity index (χ2v) is 4.76. The van der Waals surface area contributed by atoms with Crippen LogP contribution in [0.3, 0.4) is 0 Å². The summed E-state index contributed by atoms with van der Waals surface area (Å²) in [6, 6.07) is 6.06. The van der Waals surface area contributed by atoms with Crippen LogP contribution in [-0.4, -0.2) is 18.2 Å². The number of hydrogen-bond donors (Lipinski definition) is 1. The van der Waals surface area contributed by atoms with E-state index in [-0.39, 0.29) is 24.1 Å². The van der Waals surface area contributed by atoms with Crippen molar-refractivity contribution in [2.75, 3.05) is 6.54 Å². The first-order chi connectivity index (χ1) is 8.06. The summed E-state index contributed by atoms with van der Waals surface area (Å²) in [5, 5.41) is 3.33. The fourth-order valence-corrected chi connectivity index (χ4v) is 2.41. The predicted molar refractivity (Wildman–Crippen MR) is 64.8 cm³/mol. The molecule has 0 radical (unpaired) electrons. The van der Waals surface area contributed by atoms with Gasteiger partial charge in [0.1, 0.15) is 11.6 Å². The summed E-state index contributed by atoms with van der Waals surface area (Å²) in [6.07, 6.45) is 0. The van der Waals surface area contributed by atoms with E-state index in [4.69, 9.17) is 0 Å². The molecule has 3 nitrogen and oxygen atoms in total. The van der Waals surface area contributed by atoms with Gasteiger partial charge in [-0.05, 0) is 30.5 Å². The molecule has 0 unspecified atom stereocenters. The number of Topliss-reactive ketones (excluding diaryl/α,β-unsaturated/α-hetero) is 1. The third kappa shape index (κ3) is 2.68. The first-order valence-electron chi connectivity index (χ1n) is 5.03. The zero-order valence-corrected chi connectivity index (χ0v) is 9.94. The van der Waals surface area contributed by atoms with Gasteiger partial charge in [-0.25, -0.2) is 4.39 Å². The minimum atomic E-state index is -0.324. The number of hydrogen-bond acceptors (Lipinski definition) is 3. The Kier molecular flexibility index (Phi) is 3.19. The highest BCUT2D eigenvalue weighted by Gasteiger charge is 2.10. The lowest BCUT2D eigenvalue weighted by Crippen LogP contribution is -2.27. The molecule has 1 heterocycles. The topological polar surface area (TPSA) is 46.2 Å². The molecule has 2 aromatic rings. The van der Waals surface area contributed by atoms with Gasteiger partial charge in [0.2, 0.25) is 0 Å². The van der Waals surface area contributed by atoms with Crippen LogP contribution in [0.15, 0.2) is 24.3 Å². The number of halogens is 1. The Labute approximate surface area is 101 Å². The van der Waals surface area contributed by atoms with Crippen LogP contribution in [0.4, 0.5) is 4.39 Å². The summed E-state index contributed by atoms with van der Waals surface area (Å²) in [5.74, 6) is -0.734.